The number of amides is 2. The van der Waals surface area contributed by atoms with E-state index in [4.69, 9.17) is 0 Å². The minimum Gasteiger partial charge on any atom is -0.303 e. The van der Waals surface area contributed by atoms with Gasteiger partial charge in [-0.2, -0.15) is 0 Å². The van der Waals surface area contributed by atoms with Crippen LogP contribution in [-0.4, -0.2) is 34.8 Å². The van der Waals surface area contributed by atoms with E-state index in [0.29, 0.717) is 12.3 Å². The molecule has 0 bridgehead atoms. The molecule has 0 aromatic heterocycles. The van der Waals surface area contributed by atoms with Crippen LogP contribution < -0.4 is 5.32 Å². The van der Waals surface area contributed by atoms with E-state index in [2.05, 4.69) is 26.1 Å². The lowest BCUT2D eigenvalue weighted by Crippen LogP contribution is -2.45. The van der Waals surface area contributed by atoms with Crippen molar-refractivity contribution < 1.29 is 9.59 Å². The standard InChI is InChI=1S/C13H22N2O2/c1-4-8(2)9(3)14-11-7-12(16)15(13(11)17)10-5-6-10/h8-11,14H,4-7H2,1-3H3. The molecule has 4 heteroatoms. The second kappa shape index (κ2) is 4.77. The van der Waals surface area contributed by atoms with Gasteiger partial charge in [-0.25, -0.2) is 0 Å². The first kappa shape index (κ1) is 12.6. The lowest BCUT2D eigenvalue weighted by atomic mass is 10.00. The number of imide groups is 1. The van der Waals surface area contributed by atoms with Crippen molar-refractivity contribution in [1.82, 2.24) is 10.2 Å². The molecule has 2 aliphatic rings. The Morgan fingerprint density at radius 1 is 1.35 bits per heavy atom. The monoisotopic (exact) mass is 238 g/mol. The van der Waals surface area contributed by atoms with Gasteiger partial charge in [0.2, 0.25) is 11.8 Å². The van der Waals surface area contributed by atoms with Gasteiger partial charge >= 0.3 is 0 Å². The van der Waals surface area contributed by atoms with Gasteiger partial charge in [0, 0.05) is 12.1 Å². The molecule has 1 N–H and O–H groups in total. The summed E-state index contributed by atoms with van der Waals surface area (Å²) in [6.07, 6.45) is 3.40. The highest BCUT2D eigenvalue weighted by Gasteiger charge is 2.46. The van der Waals surface area contributed by atoms with Crippen LogP contribution in [0, 0.1) is 5.92 Å². The highest BCUT2D eigenvalue weighted by atomic mass is 16.2. The molecule has 2 amide bonds. The Hall–Kier alpha value is -0.900. The molecule has 0 aromatic carbocycles. The Morgan fingerprint density at radius 3 is 2.53 bits per heavy atom. The van der Waals surface area contributed by atoms with E-state index in [-0.39, 0.29) is 29.9 Å². The van der Waals surface area contributed by atoms with Crippen molar-refractivity contribution in [1.29, 1.82) is 0 Å². The summed E-state index contributed by atoms with van der Waals surface area (Å²) in [5.41, 5.74) is 0. The molecule has 1 aliphatic carbocycles. The third-order valence-corrected chi connectivity index (χ3v) is 4.06. The van der Waals surface area contributed by atoms with Gasteiger partial charge in [-0.3, -0.25) is 14.5 Å². The first-order valence-electron chi connectivity index (χ1n) is 6.66. The summed E-state index contributed by atoms with van der Waals surface area (Å²) in [6, 6.07) is 0.203. The van der Waals surface area contributed by atoms with Crippen LogP contribution in [0.25, 0.3) is 0 Å². The highest BCUT2D eigenvalue weighted by Crippen LogP contribution is 2.31. The molecule has 2 rings (SSSR count). The maximum atomic E-state index is 12.1. The Morgan fingerprint density at radius 2 is 2.00 bits per heavy atom. The fourth-order valence-corrected chi connectivity index (χ4v) is 2.33. The van der Waals surface area contributed by atoms with Crippen LogP contribution in [-0.2, 0) is 9.59 Å². The molecule has 4 nitrogen and oxygen atoms in total. The van der Waals surface area contributed by atoms with Crippen LogP contribution in [0.1, 0.15) is 46.5 Å². The number of nitrogens with one attached hydrogen (secondary N) is 1. The summed E-state index contributed by atoms with van der Waals surface area (Å²) in [6.45, 7) is 6.39. The quantitative estimate of drug-likeness (QED) is 0.734. The molecule has 96 valence electrons. The van der Waals surface area contributed by atoms with Gasteiger partial charge in [-0.1, -0.05) is 20.3 Å². The molecule has 1 saturated heterocycles. The third-order valence-electron chi connectivity index (χ3n) is 4.06. The van der Waals surface area contributed by atoms with Gasteiger partial charge in [0.25, 0.3) is 0 Å². The highest BCUT2D eigenvalue weighted by molar-refractivity contribution is 6.06. The van der Waals surface area contributed by atoms with Crippen LogP contribution >= 0.6 is 0 Å². The van der Waals surface area contributed by atoms with Crippen molar-refractivity contribution in [3.63, 3.8) is 0 Å². The lowest BCUT2D eigenvalue weighted by molar-refractivity contribution is -0.139. The average Bonchev–Trinajstić information content (AvgIpc) is 3.07. The summed E-state index contributed by atoms with van der Waals surface area (Å²) in [7, 11) is 0. The fourth-order valence-electron chi connectivity index (χ4n) is 2.33. The van der Waals surface area contributed by atoms with E-state index in [0.717, 1.165) is 19.3 Å². The van der Waals surface area contributed by atoms with Crippen molar-refractivity contribution in [3.05, 3.63) is 0 Å². The van der Waals surface area contributed by atoms with E-state index >= 15 is 0 Å². The van der Waals surface area contributed by atoms with Crippen molar-refractivity contribution in [3.8, 4) is 0 Å². The topological polar surface area (TPSA) is 49.4 Å². The molecule has 2 fully saturated rings. The molecular formula is C13H22N2O2. The molecule has 0 aromatic rings. The van der Waals surface area contributed by atoms with E-state index in [9.17, 15) is 9.59 Å². The predicted octanol–water partition coefficient (Wildman–Crippen LogP) is 1.30. The van der Waals surface area contributed by atoms with Crippen molar-refractivity contribution in [2.75, 3.05) is 0 Å². The van der Waals surface area contributed by atoms with E-state index in [1.165, 1.54) is 4.90 Å². The maximum absolute atomic E-state index is 12.1. The minimum atomic E-state index is -0.285. The van der Waals surface area contributed by atoms with Crippen molar-refractivity contribution >= 4 is 11.8 Å². The first-order valence-corrected chi connectivity index (χ1v) is 6.66. The second-order valence-electron chi connectivity index (χ2n) is 5.43. The number of rotatable bonds is 5. The Kier molecular flexibility index (Phi) is 3.52. The molecular weight excluding hydrogens is 216 g/mol. The van der Waals surface area contributed by atoms with Crippen LogP contribution in [0.2, 0.25) is 0 Å². The summed E-state index contributed by atoms with van der Waals surface area (Å²) < 4.78 is 0. The van der Waals surface area contributed by atoms with Gasteiger partial charge in [0.1, 0.15) is 0 Å². The zero-order valence-corrected chi connectivity index (χ0v) is 10.9. The Balaban J connectivity index is 1.94. The van der Waals surface area contributed by atoms with Crippen molar-refractivity contribution in [2.45, 2.75) is 64.6 Å². The summed E-state index contributed by atoms with van der Waals surface area (Å²) >= 11 is 0. The third kappa shape index (κ3) is 2.51. The molecule has 0 spiro atoms. The van der Waals surface area contributed by atoms with Gasteiger partial charge < -0.3 is 5.32 Å². The second-order valence-corrected chi connectivity index (χ2v) is 5.43. The Bertz CT molecular complexity index is 325. The molecule has 1 aliphatic heterocycles. The fraction of sp³-hybridized carbons (Fsp3) is 0.846. The van der Waals surface area contributed by atoms with Gasteiger partial charge in [0.15, 0.2) is 0 Å². The van der Waals surface area contributed by atoms with E-state index in [1.807, 2.05) is 0 Å². The van der Waals surface area contributed by atoms with Crippen LogP contribution in [0.3, 0.4) is 0 Å². The number of carbonyl (C=O) groups excluding carboxylic acids is 2. The van der Waals surface area contributed by atoms with Gasteiger partial charge in [0.05, 0.1) is 12.5 Å². The Labute approximate surface area is 103 Å². The van der Waals surface area contributed by atoms with Gasteiger partial charge in [-0.15, -0.1) is 0 Å². The van der Waals surface area contributed by atoms with E-state index < -0.39 is 0 Å². The molecule has 0 radical (unpaired) electrons. The number of nitrogens with zero attached hydrogens (tertiary/aromatic N) is 1. The normalized spacial score (nSPS) is 28.6. The molecule has 1 saturated carbocycles. The molecule has 3 unspecified atom stereocenters. The lowest BCUT2D eigenvalue weighted by Gasteiger charge is -2.23. The number of carbonyl (C=O) groups is 2. The number of hydrogen-bond acceptors (Lipinski definition) is 3. The SMILES string of the molecule is CCC(C)C(C)NC1CC(=O)N(C2CC2)C1=O. The van der Waals surface area contributed by atoms with Crippen LogP contribution in [0.5, 0.6) is 0 Å². The van der Waals surface area contributed by atoms with E-state index in [1.54, 1.807) is 0 Å². The van der Waals surface area contributed by atoms with Crippen LogP contribution in [0.4, 0.5) is 0 Å². The summed E-state index contributed by atoms with van der Waals surface area (Å²) in [5.74, 6) is 0.520. The zero-order chi connectivity index (χ0) is 12.6. The largest absolute Gasteiger partial charge is 0.303 e. The van der Waals surface area contributed by atoms with Crippen LogP contribution in [0.15, 0.2) is 0 Å². The molecule has 1 heterocycles. The first-order chi connectivity index (χ1) is 8.04. The van der Waals surface area contributed by atoms with Gasteiger partial charge in [-0.05, 0) is 25.7 Å². The zero-order valence-electron chi connectivity index (χ0n) is 10.9. The predicted molar refractivity (Wildman–Crippen MR) is 65.3 cm³/mol. The molecule has 3 atom stereocenters. The van der Waals surface area contributed by atoms with Crippen molar-refractivity contribution in [2.24, 2.45) is 5.92 Å². The smallest absolute Gasteiger partial charge is 0.247 e. The summed E-state index contributed by atoms with van der Waals surface area (Å²) in [4.78, 5) is 25.3. The minimum absolute atomic E-state index is 0.00588. The maximum Gasteiger partial charge on any atom is 0.247 e. The summed E-state index contributed by atoms with van der Waals surface area (Å²) in [5, 5.41) is 3.31. The number of hydrogen-bond donors (Lipinski definition) is 1. The number of likely N-dealkylation sites (tertiary alicyclic amines) is 1. The molecule has 17 heavy (non-hydrogen) atoms. The average molecular weight is 238 g/mol.